The molecular weight excluding hydrogens is 256 g/mol. The molecule has 1 unspecified atom stereocenters. The zero-order chi connectivity index (χ0) is 14.1. The number of amides is 2. The molecule has 1 aliphatic heterocycles. The van der Waals surface area contributed by atoms with Crippen LogP contribution in [0.2, 0.25) is 0 Å². The molecule has 1 aromatic rings. The predicted molar refractivity (Wildman–Crippen MR) is 70.8 cm³/mol. The van der Waals surface area contributed by atoms with Crippen LogP contribution >= 0.6 is 0 Å². The van der Waals surface area contributed by atoms with Gasteiger partial charge in [-0.2, -0.15) is 5.26 Å². The summed E-state index contributed by atoms with van der Waals surface area (Å²) in [6.07, 6.45) is 3.64. The maximum absolute atomic E-state index is 11.7. The van der Waals surface area contributed by atoms with Gasteiger partial charge >= 0.3 is 0 Å². The van der Waals surface area contributed by atoms with E-state index in [1.807, 2.05) is 6.07 Å². The Morgan fingerprint density at radius 1 is 1.35 bits per heavy atom. The molecule has 20 heavy (non-hydrogen) atoms. The van der Waals surface area contributed by atoms with E-state index in [-0.39, 0.29) is 11.8 Å². The number of nitrogens with one attached hydrogen (secondary N) is 2. The van der Waals surface area contributed by atoms with Crippen LogP contribution in [-0.4, -0.2) is 22.8 Å². The van der Waals surface area contributed by atoms with E-state index in [9.17, 15) is 14.9 Å². The summed E-state index contributed by atoms with van der Waals surface area (Å²) in [5.41, 5.74) is 2.57. The van der Waals surface area contributed by atoms with Crippen LogP contribution in [0.25, 0.3) is 0 Å². The number of aromatic nitrogens is 1. The van der Waals surface area contributed by atoms with Crippen molar-refractivity contribution in [1.82, 2.24) is 10.3 Å². The third-order valence-corrected chi connectivity index (χ3v) is 3.72. The fraction of sp³-hybridized carbons (Fsp3) is 0.429. The van der Waals surface area contributed by atoms with Gasteiger partial charge in [0.05, 0.1) is 5.56 Å². The summed E-state index contributed by atoms with van der Waals surface area (Å²) in [4.78, 5) is 27.3. The van der Waals surface area contributed by atoms with Crippen LogP contribution in [-0.2, 0) is 22.4 Å². The lowest BCUT2D eigenvalue weighted by Crippen LogP contribution is -2.47. The van der Waals surface area contributed by atoms with E-state index in [1.165, 1.54) is 0 Å². The third kappa shape index (κ3) is 2.23. The minimum atomic E-state index is -0.508. The minimum absolute atomic E-state index is 0.254. The first-order valence-corrected chi connectivity index (χ1v) is 6.70. The number of nitrogens with zero attached hydrogens (tertiary/aromatic N) is 2. The fourth-order valence-corrected chi connectivity index (χ4v) is 2.66. The van der Waals surface area contributed by atoms with Gasteiger partial charge in [-0.05, 0) is 37.3 Å². The number of fused-ring (bicyclic) bond motifs is 1. The number of imide groups is 1. The van der Waals surface area contributed by atoms with Gasteiger partial charge in [-0.1, -0.05) is 0 Å². The number of carbonyl (C=O) groups excluding carboxylic acids is 2. The lowest BCUT2D eigenvalue weighted by molar-refractivity contribution is -0.133. The monoisotopic (exact) mass is 270 g/mol. The van der Waals surface area contributed by atoms with Crippen LogP contribution < -0.4 is 10.6 Å². The molecule has 1 aliphatic carbocycles. The molecule has 1 fully saturated rings. The molecule has 2 aliphatic rings. The second kappa shape index (κ2) is 4.93. The highest BCUT2D eigenvalue weighted by Gasteiger charge is 2.28. The largest absolute Gasteiger partial charge is 0.357 e. The van der Waals surface area contributed by atoms with E-state index in [4.69, 9.17) is 0 Å². The van der Waals surface area contributed by atoms with E-state index in [2.05, 4.69) is 21.7 Å². The molecule has 6 heteroatoms. The van der Waals surface area contributed by atoms with Crippen molar-refractivity contribution < 1.29 is 9.59 Å². The average molecular weight is 270 g/mol. The van der Waals surface area contributed by atoms with Gasteiger partial charge in [-0.15, -0.1) is 0 Å². The SMILES string of the molecule is N#Cc1cc2c(nc1NC1CCC(=O)NC1=O)CCC2. The van der Waals surface area contributed by atoms with Gasteiger partial charge < -0.3 is 5.32 Å². The number of pyridine rings is 1. The number of rotatable bonds is 2. The Morgan fingerprint density at radius 2 is 2.20 bits per heavy atom. The standard InChI is InChI=1S/C14H14N4O2/c15-7-9-6-8-2-1-3-10(8)16-13(9)17-11-4-5-12(19)18-14(11)20/h6,11H,1-5H2,(H,16,17)(H,18,19,20). The highest BCUT2D eigenvalue weighted by molar-refractivity contribution is 6.01. The quantitative estimate of drug-likeness (QED) is 0.770. The van der Waals surface area contributed by atoms with Gasteiger partial charge in [0, 0.05) is 12.1 Å². The molecule has 1 aromatic heterocycles. The van der Waals surface area contributed by atoms with E-state index in [0.29, 0.717) is 24.2 Å². The Hall–Kier alpha value is -2.42. The molecule has 102 valence electrons. The molecule has 0 aromatic carbocycles. The van der Waals surface area contributed by atoms with Crippen LogP contribution in [0.15, 0.2) is 6.07 Å². The van der Waals surface area contributed by atoms with Crippen molar-refractivity contribution >= 4 is 17.6 Å². The molecule has 0 spiro atoms. The molecule has 3 rings (SSSR count). The lowest BCUT2D eigenvalue weighted by atomic mass is 10.1. The average Bonchev–Trinajstić information content (AvgIpc) is 2.88. The Kier molecular flexibility index (Phi) is 3.11. The van der Waals surface area contributed by atoms with E-state index in [0.717, 1.165) is 30.5 Å². The van der Waals surface area contributed by atoms with Crippen molar-refractivity contribution in [1.29, 1.82) is 5.26 Å². The van der Waals surface area contributed by atoms with Crippen LogP contribution in [0.4, 0.5) is 5.82 Å². The summed E-state index contributed by atoms with van der Waals surface area (Å²) in [7, 11) is 0. The Morgan fingerprint density at radius 3 is 2.95 bits per heavy atom. The lowest BCUT2D eigenvalue weighted by Gasteiger charge is -2.23. The molecule has 2 amide bonds. The molecule has 0 saturated carbocycles. The first kappa shape index (κ1) is 12.6. The number of hydrogen-bond acceptors (Lipinski definition) is 5. The normalized spacial score (nSPS) is 21.1. The summed E-state index contributed by atoms with van der Waals surface area (Å²) in [6.45, 7) is 0. The van der Waals surface area contributed by atoms with Crippen molar-refractivity contribution in [3.63, 3.8) is 0 Å². The summed E-state index contributed by atoms with van der Waals surface area (Å²) in [5, 5.41) is 14.5. The van der Waals surface area contributed by atoms with Crippen LogP contribution in [0.5, 0.6) is 0 Å². The maximum atomic E-state index is 11.7. The van der Waals surface area contributed by atoms with Crippen molar-refractivity contribution in [2.24, 2.45) is 0 Å². The highest BCUT2D eigenvalue weighted by Crippen LogP contribution is 2.25. The van der Waals surface area contributed by atoms with Crippen molar-refractivity contribution in [2.45, 2.75) is 38.1 Å². The van der Waals surface area contributed by atoms with Gasteiger partial charge in [-0.25, -0.2) is 4.98 Å². The predicted octanol–water partition coefficient (Wildman–Crippen LogP) is 0.659. The van der Waals surface area contributed by atoms with Crippen LogP contribution in [0.1, 0.15) is 36.1 Å². The Bertz CT molecular complexity index is 633. The van der Waals surface area contributed by atoms with Crippen LogP contribution in [0.3, 0.4) is 0 Å². The Balaban J connectivity index is 1.85. The van der Waals surface area contributed by atoms with Crippen molar-refractivity contribution in [2.75, 3.05) is 5.32 Å². The molecule has 2 heterocycles. The van der Waals surface area contributed by atoms with Gasteiger partial charge in [0.2, 0.25) is 11.8 Å². The number of piperidine rings is 1. The maximum Gasteiger partial charge on any atom is 0.249 e. The van der Waals surface area contributed by atoms with Gasteiger partial charge in [0.1, 0.15) is 17.9 Å². The summed E-state index contributed by atoms with van der Waals surface area (Å²) >= 11 is 0. The molecule has 0 radical (unpaired) electrons. The topological polar surface area (TPSA) is 94.9 Å². The van der Waals surface area contributed by atoms with E-state index >= 15 is 0 Å². The van der Waals surface area contributed by atoms with Gasteiger partial charge in [-0.3, -0.25) is 14.9 Å². The Labute approximate surface area is 116 Å². The number of hydrogen-bond donors (Lipinski definition) is 2. The second-order valence-corrected chi connectivity index (χ2v) is 5.10. The van der Waals surface area contributed by atoms with Gasteiger partial charge in [0.25, 0.3) is 0 Å². The fourth-order valence-electron chi connectivity index (χ4n) is 2.66. The summed E-state index contributed by atoms with van der Waals surface area (Å²) < 4.78 is 0. The zero-order valence-electron chi connectivity index (χ0n) is 10.9. The molecule has 1 saturated heterocycles. The second-order valence-electron chi connectivity index (χ2n) is 5.10. The number of carbonyl (C=O) groups is 2. The van der Waals surface area contributed by atoms with Crippen molar-refractivity contribution in [3.05, 3.63) is 22.9 Å². The molecule has 1 atom stereocenters. The molecule has 0 bridgehead atoms. The van der Waals surface area contributed by atoms with E-state index in [1.54, 1.807) is 0 Å². The smallest absolute Gasteiger partial charge is 0.249 e. The molecule has 2 N–H and O–H groups in total. The first-order valence-electron chi connectivity index (χ1n) is 6.70. The third-order valence-electron chi connectivity index (χ3n) is 3.72. The van der Waals surface area contributed by atoms with Crippen LogP contribution in [0, 0.1) is 11.3 Å². The molecular formula is C14H14N4O2. The highest BCUT2D eigenvalue weighted by atomic mass is 16.2. The first-order chi connectivity index (χ1) is 9.67. The molecule has 6 nitrogen and oxygen atoms in total. The summed E-state index contributed by atoms with van der Waals surface area (Å²) in [5.74, 6) is -0.162. The number of nitriles is 1. The summed E-state index contributed by atoms with van der Waals surface area (Å²) in [6, 6.07) is 3.46. The minimum Gasteiger partial charge on any atom is -0.357 e. The zero-order valence-corrected chi connectivity index (χ0v) is 10.9. The number of aryl methyl sites for hydroxylation is 2. The number of anilines is 1. The van der Waals surface area contributed by atoms with Gasteiger partial charge in [0.15, 0.2) is 0 Å². The van der Waals surface area contributed by atoms with E-state index < -0.39 is 6.04 Å². The van der Waals surface area contributed by atoms with Crippen molar-refractivity contribution in [3.8, 4) is 6.07 Å².